The molecule has 9 aromatic carbocycles. The minimum Gasteiger partial charge on any atom is -0.456 e. The maximum absolute atomic E-state index is 7.36. The monoisotopic (exact) mass is 1170 g/mol. The molecule has 0 atom stereocenters. The number of nitrogens with zero attached hydrogens (tertiary/aromatic N) is 3. The van der Waals surface area contributed by atoms with Crippen molar-refractivity contribution in [3.63, 3.8) is 0 Å². The summed E-state index contributed by atoms with van der Waals surface area (Å²) in [5.41, 5.74) is 28.1. The number of fused-ring (bicyclic) bond motifs is 12. The van der Waals surface area contributed by atoms with Crippen LogP contribution in [0.1, 0.15) is 188 Å². The summed E-state index contributed by atoms with van der Waals surface area (Å²) in [4.78, 5) is 7.84. The average molecular weight is 1170 g/mol. The molecule has 0 unspecified atom stereocenters. The molecule has 0 fully saturated rings. The van der Waals surface area contributed by atoms with E-state index in [1.807, 2.05) is 0 Å². The molecule has 6 heteroatoms. The van der Waals surface area contributed by atoms with Crippen LogP contribution in [-0.2, 0) is 37.9 Å². The van der Waals surface area contributed by atoms with Crippen molar-refractivity contribution in [1.82, 2.24) is 0 Å². The zero-order valence-electron chi connectivity index (χ0n) is 56.1. The van der Waals surface area contributed by atoms with Gasteiger partial charge in [0.05, 0.1) is 11.4 Å². The minimum atomic E-state index is -0.174. The lowest BCUT2D eigenvalue weighted by molar-refractivity contribution is 0.332. The van der Waals surface area contributed by atoms with Crippen LogP contribution < -0.4 is 31.1 Å². The Balaban J connectivity index is 1.14. The van der Waals surface area contributed by atoms with E-state index in [1.165, 1.54) is 72.3 Å². The average Bonchev–Trinajstić information content (AvgIpc) is 1.52. The molecule has 2 aliphatic heterocycles. The largest absolute Gasteiger partial charge is 0.456 e. The van der Waals surface area contributed by atoms with E-state index < -0.39 is 0 Å². The summed E-state index contributed by atoms with van der Waals surface area (Å²) in [5, 5.41) is 4.53. The Morgan fingerprint density at radius 3 is 1.40 bits per heavy atom. The highest BCUT2D eigenvalue weighted by molar-refractivity contribution is 7.00. The Labute approximate surface area is 529 Å². The molecule has 0 bridgehead atoms. The van der Waals surface area contributed by atoms with Crippen molar-refractivity contribution >= 4 is 118 Å². The highest BCUT2D eigenvalue weighted by Crippen LogP contribution is 2.56. The Bertz CT molecular complexity index is 4700. The van der Waals surface area contributed by atoms with E-state index >= 15 is 0 Å². The van der Waals surface area contributed by atoms with Crippen LogP contribution in [0.2, 0.25) is 0 Å². The molecule has 2 aromatic heterocycles. The number of furan rings is 2. The van der Waals surface area contributed by atoms with Crippen LogP contribution in [0.25, 0.3) is 43.9 Å². The first kappa shape index (κ1) is 57.5. The van der Waals surface area contributed by atoms with Crippen LogP contribution in [0.15, 0.2) is 167 Å². The first-order valence-corrected chi connectivity index (χ1v) is 32.9. The first-order valence-electron chi connectivity index (χ1n) is 32.9. The molecule has 0 spiro atoms. The van der Waals surface area contributed by atoms with E-state index in [4.69, 9.17) is 8.83 Å². The highest BCUT2D eigenvalue weighted by atomic mass is 16.3. The molecule has 0 amide bonds. The molecule has 2 aliphatic carbocycles. The summed E-state index contributed by atoms with van der Waals surface area (Å²) < 4.78 is 14.6. The molecule has 0 N–H and O–H groups in total. The normalized spacial score (nSPS) is 17.2. The lowest BCUT2D eigenvalue weighted by atomic mass is 9.33. The summed E-state index contributed by atoms with van der Waals surface area (Å²) in [5.74, 6) is 0. The lowest BCUT2D eigenvalue weighted by Crippen LogP contribution is -2.62. The van der Waals surface area contributed by atoms with Crippen LogP contribution >= 0.6 is 0 Å². The van der Waals surface area contributed by atoms with Gasteiger partial charge < -0.3 is 23.5 Å². The molecule has 450 valence electrons. The summed E-state index contributed by atoms with van der Waals surface area (Å²) in [7, 11) is 0. The zero-order chi connectivity index (χ0) is 62.6. The van der Waals surface area contributed by atoms with Crippen LogP contribution in [0.5, 0.6) is 0 Å². The number of rotatable bonds is 5. The number of aryl methyl sites for hydroxylation is 1. The Morgan fingerprint density at radius 2 is 0.843 bits per heavy atom. The Morgan fingerprint density at radius 1 is 0.382 bits per heavy atom. The Hall–Kier alpha value is -7.96. The second-order valence-corrected chi connectivity index (χ2v) is 32.8. The molecule has 11 aromatic rings. The van der Waals surface area contributed by atoms with Crippen LogP contribution in [0.4, 0.5) is 51.2 Å². The van der Waals surface area contributed by atoms with Crippen molar-refractivity contribution < 1.29 is 8.83 Å². The number of hydrogen-bond donors (Lipinski definition) is 0. The number of benzene rings is 9. The van der Waals surface area contributed by atoms with Gasteiger partial charge in [-0.1, -0.05) is 209 Å². The smallest absolute Gasteiger partial charge is 0.252 e. The lowest BCUT2D eigenvalue weighted by Gasteiger charge is -2.48. The minimum absolute atomic E-state index is 0.0261. The summed E-state index contributed by atoms with van der Waals surface area (Å²) in [6.07, 6.45) is 4.47. The van der Waals surface area contributed by atoms with Gasteiger partial charge in [-0.3, -0.25) is 0 Å². The van der Waals surface area contributed by atoms with Gasteiger partial charge in [-0.2, -0.15) is 0 Å². The van der Waals surface area contributed by atoms with Gasteiger partial charge in [0.2, 0.25) is 0 Å². The van der Waals surface area contributed by atoms with E-state index in [0.717, 1.165) is 109 Å². The molecular formula is C83H88BN3O2. The number of hydrogen-bond acceptors (Lipinski definition) is 5. The quantitative estimate of drug-likeness (QED) is 0.161. The SMILES string of the molecule is Cc1cc2c(cc1N1c3cc4oc5c(C(C)(C)C)cccc5c4cc3B3c4cc5c(cc4N(c4cccc6c4oc4ccccc46)c4cc(N(c6ccc(C(C)(C)C)cc6)c6ccc(C(C)(C)C)cc6)cc1c43)C(C)(C)CCC5(C)C)C(C)(C)CCC2(C)C. The third-order valence-corrected chi connectivity index (χ3v) is 21.7. The third kappa shape index (κ3) is 8.83. The van der Waals surface area contributed by atoms with E-state index in [1.54, 1.807) is 0 Å². The van der Waals surface area contributed by atoms with Crippen molar-refractivity contribution in [3.05, 3.63) is 202 Å². The third-order valence-electron chi connectivity index (χ3n) is 21.7. The van der Waals surface area contributed by atoms with Crippen molar-refractivity contribution in [2.24, 2.45) is 0 Å². The van der Waals surface area contributed by atoms with Crippen molar-refractivity contribution in [2.75, 3.05) is 14.7 Å². The number of anilines is 9. The molecule has 4 aliphatic rings. The second kappa shape index (κ2) is 19.0. The van der Waals surface area contributed by atoms with Gasteiger partial charge in [-0.15, -0.1) is 0 Å². The van der Waals surface area contributed by atoms with Gasteiger partial charge in [0.25, 0.3) is 6.71 Å². The van der Waals surface area contributed by atoms with Gasteiger partial charge in [0.1, 0.15) is 16.7 Å². The summed E-state index contributed by atoms with van der Waals surface area (Å²) >= 11 is 0. The summed E-state index contributed by atoms with van der Waals surface area (Å²) in [6, 6.07) is 61.5. The van der Waals surface area contributed by atoms with Gasteiger partial charge >= 0.3 is 0 Å². The molecule has 0 saturated heterocycles. The maximum atomic E-state index is 7.36. The zero-order valence-corrected chi connectivity index (χ0v) is 56.1. The maximum Gasteiger partial charge on any atom is 0.252 e. The van der Waals surface area contributed by atoms with Gasteiger partial charge in [-0.05, 0) is 187 Å². The molecule has 0 saturated carbocycles. The topological polar surface area (TPSA) is 36.0 Å². The molecule has 4 heterocycles. The summed E-state index contributed by atoms with van der Waals surface area (Å²) in [6.45, 7) is 42.7. The van der Waals surface area contributed by atoms with Crippen molar-refractivity contribution in [3.8, 4) is 0 Å². The van der Waals surface area contributed by atoms with E-state index in [9.17, 15) is 0 Å². The van der Waals surface area contributed by atoms with Gasteiger partial charge in [-0.25, -0.2) is 0 Å². The number of para-hydroxylation sites is 3. The molecular weight excluding hydrogens is 1080 g/mol. The molecule has 0 radical (unpaired) electrons. The van der Waals surface area contributed by atoms with Crippen molar-refractivity contribution in [1.29, 1.82) is 0 Å². The fourth-order valence-corrected chi connectivity index (χ4v) is 16.1. The van der Waals surface area contributed by atoms with E-state index in [0.29, 0.717) is 0 Å². The highest BCUT2D eigenvalue weighted by Gasteiger charge is 2.49. The fourth-order valence-electron chi connectivity index (χ4n) is 16.1. The van der Waals surface area contributed by atoms with Gasteiger partial charge in [0, 0.05) is 73.0 Å². The van der Waals surface area contributed by atoms with Crippen LogP contribution in [-0.4, -0.2) is 6.71 Å². The van der Waals surface area contributed by atoms with E-state index in [2.05, 4.69) is 297 Å². The standard InChI is InChI=1S/C83H88BN3O2/c1-49-41-60-62(82(15,16)39-37-80(60,11)12)46-67(49)87-69-48-73-58(57-24-21-26-59(75(57)89-73)79(8,9)10)44-64(69)84-65-45-61-63(83(17,18)40-38-81(61,13)14)47-68(65)86(66-27-22-25-56-55-23-19-20-28-72(55)88-76(56)66)70-42-54(43-71(87)74(70)84)85(52-33-29-50(30-34-52)77(2,3)4)53-35-31-51(32-36-53)78(5,6)7/h19-36,41-48H,37-40H2,1-18H3. The Kier molecular flexibility index (Phi) is 12.3. The van der Waals surface area contributed by atoms with Crippen LogP contribution in [0.3, 0.4) is 0 Å². The van der Waals surface area contributed by atoms with Gasteiger partial charge in [0.15, 0.2) is 5.58 Å². The predicted molar refractivity (Wildman–Crippen MR) is 381 cm³/mol. The van der Waals surface area contributed by atoms with Crippen LogP contribution in [0, 0.1) is 6.92 Å². The molecule has 15 rings (SSSR count). The fraction of sp³-hybridized carbons (Fsp3) is 0.349. The molecule has 89 heavy (non-hydrogen) atoms. The molecule has 5 nitrogen and oxygen atoms in total. The first-order chi connectivity index (χ1) is 41.9. The van der Waals surface area contributed by atoms with Crippen molar-refractivity contribution in [2.45, 2.75) is 188 Å². The van der Waals surface area contributed by atoms with E-state index in [-0.39, 0.29) is 44.6 Å². The second-order valence-electron chi connectivity index (χ2n) is 32.8. The predicted octanol–water partition coefficient (Wildman–Crippen LogP) is 21.9.